The van der Waals surface area contributed by atoms with Crippen LogP contribution in [0.5, 0.6) is 5.75 Å². The minimum Gasteiger partial charge on any atom is -0.489 e. The monoisotopic (exact) mass is 287 g/mol. The first kappa shape index (κ1) is 14.9. The molecule has 0 aliphatic rings. The highest BCUT2D eigenvalue weighted by Gasteiger charge is 1.98. The van der Waals surface area contributed by atoms with E-state index >= 15 is 0 Å². The minimum absolute atomic E-state index is 0.616. The van der Waals surface area contributed by atoms with Crippen molar-refractivity contribution in [2.24, 2.45) is 0 Å². The molecule has 0 heterocycles. The van der Waals surface area contributed by atoms with Crippen LogP contribution in [-0.4, -0.2) is 19.8 Å². The maximum absolute atomic E-state index is 5.79. The molecular weight excluding hydrogens is 266 g/mol. The summed E-state index contributed by atoms with van der Waals surface area (Å²) in [6.45, 7) is 1.63. The third-order valence-electron chi connectivity index (χ3n) is 3.15. The highest BCUT2D eigenvalue weighted by Crippen LogP contribution is 2.19. The Kier molecular flexibility index (Phi) is 5.96. The molecule has 2 aromatic rings. The van der Waals surface area contributed by atoms with E-state index in [-0.39, 0.29) is 0 Å². The third kappa shape index (κ3) is 4.58. The molecule has 0 atom stereocenters. The molecule has 106 valence electrons. The fraction of sp³-hybridized carbons (Fsp3) is 0.294. The second kappa shape index (κ2) is 7.98. The van der Waals surface area contributed by atoms with E-state index in [9.17, 15) is 0 Å². The maximum Gasteiger partial charge on any atom is 0.119 e. The summed E-state index contributed by atoms with van der Waals surface area (Å²) in [5, 5.41) is 3.16. The van der Waals surface area contributed by atoms with Crippen LogP contribution in [0.25, 0.3) is 0 Å². The van der Waals surface area contributed by atoms with Crippen LogP contribution >= 0.6 is 11.8 Å². The predicted octanol–water partition coefficient (Wildman–Crippen LogP) is 3.75. The van der Waals surface area contributed by atoms with Crippen molar-refractivity contribution in [1.82, 2.24) is 5.32 Å². The summed E-state index contributed by atoms with van der Waals surface area (Å²) in [7, 11) is 1.98. The quantitative estimate of drug-likeness (QED) is 0.784. The fourth-order valence-electron chi connectivity index (χ4n) is 1.91. The zero-order chi connectivity index (χ0) is 14.2. The Morgan fingerprint density at radius 3 is 2.20 bits per heavy atom. The number of hydrogen-bond donors (Lipinski definition) is 1. The largest absolute Gasteiger partial charge is 0.489 e. The molecule has 0 radical (unpaired) electrons. The molecule has 0 bridgehead atoms. The standard InChI is InChI=1S/C17H21NOS/c1-18-12-11-14-3-5-15(6-4-14)13-19-16-7-9-17(20-2)10-8-16/h3-10,18H,11-13H2,1-2H3. The van der Waals surface area contributed by atoms with E-state index in [2.05, 4.69) is 48.0 Å². The molecule has 0 aromatic heterocycles. The van der Waals surface area contributed by atoms with Gasteiger partial charge in [-0.2, -0.15) is 0 Å². The predicted molar refractivity (Wildman–Crippen MR) is 86.6 cm³/mol. The first-order chi connectivity index (χ1) is 9.81. The van der Waals surface area contributed by atoms with Gasteiger partial charge < -0.3 is 10.1 Å². The van der Waals surface area contributed by atoms with Gasteiger partial charge in [-0.05, 0) is 61.7 Å². The molecule has 0 unspecified atom stereocenters. The molecule has 2 aromatic carbocycles. The van der Waals surface area contributed by atoms with Crippen LogP contribution in [-0.2, 0) is 13.0 Å². The van der Waals surface area contributed by atoms with Crippen molar-refractivity contribution in [2.45, 2.75) is 17.9 Å². The summed E-state index contributed by atoms with van der Waals surface area (Å²) in [5.74, 6) is 0.919. The van der Waals surface area contributed by atoms with E-state index in [1.54, 1.807) is 11.8 Å². The van der Waals surface area contributed by atoms with Crippen LogP contribution in [0.2, 0.25) is 0 Å². The van der Waals surface area contributed by atoms with E-state index in [1.165, 1.54) is 16.0 Å². The number of ether oxygens (including phenoxy) is 1. The molecule has 0 aliphatic heterocycles. The van der Waals surface area contributed by atoms with Crippen molar-refractivity contribution < 1.29 is 4.74 Å². The Labute approximate surface area is 125 Å². The van der Waals surface area contributed by atoms with E-state index in [4.69, 9.17) is 4.74 Å². The van der Waals surface area contributed by atoms with Crippen LogP contribution in [0.15, 0.2) is 53.4 Å². The van der Waals surface area contributed by atoms with Gasteiger partial charge in [0.15, 0.2) is 0 Å². The number of benzene rings is 2. The van der Waals surface area contributed by atoms with Gasteiger partial charge >= 0.3 is 0 Å². The zero-order valence-electron chi connectivity index (χ0n) is 12.1. The smallest absolute Gasteiger partial charge is 0.119 e. The number of thioether (sulfide) groups is 1. The maximum atomic E-state index is 5.79. The second-order valence-electron chi connectivity index (χ2n) is 4.63. The summed E-state index contributed by atoms with van der Waals surface area (Å²) in [6, 6.07) is 16.8. The van der Waals surface area contributed by atoms with Gasteiger partial charge in [-0.25, -0.2) is 0 Å². The summed E-state index contributed by atoms with van der Waals surface area (Å²) in [6.07, 6.45) is 3.14. The van der Waals surface area contributed by atoms with Crippen molar-refractivity contribution >= 4 is 11.8 Å². The Balaban J connectivity index is 1.86. The first-order valence-corrected chi connectivity index (χ1v) is 8.03. The lowest BCUT2D eigenvalue weighted by Gasteiger charge is -2.08. The minimum atomic E-state index is 0.616. The van der Waals surface area contributed by atoms with Crippen LogP contribution in [0.4, 0.5) is 0 Å². The molecule has 20 heavy (non-hydrogen) atoms. The van der Waals surface area contributed by atoms with Gasteiger partial charge in [-0.15, -0.1) is 11.8 Å². The van der Waals surface area contributed by atoms with Crippen molar-refractivity contribution in [3.8, 4) is 5.75 Å². The van der Waals surface area contributed by atoms with Crippen molar-refractivity contribution in [3.05, 3.63) is 59.7 Å². The van der Waals surface area contributed by atoms with E-state index in [0.717, 1.165) is 18.7 Å². The summed E-state index contributed by atoms with van der Waals surface area (Å²) >= 11 is 1.74. The average molecular weight is 287 g/mol. The molecule has 2 rings (SSSR count). The molecule has 0 fully saturated rings. The summed E-state index contributed by atoms with van der Waals surface area (Å²) < 4.78 is 5.79. The lowest BCUT2D eigenvalue weighted by Crippen LogP contribution is -2.10. The van der Waals surface area contributed by atoms with Gasteiger partial charge in [0.25, 0.3) is 0 Å². The van der Waals surface area contributed by atoms with Gasteiger partial charge in [0.05, 0.1) is 0 Å². The Morgan fingerprint density at radius 1 is 0.950 bits per heavy atom. The SMILES string of the molecule is CNCCc1ccc(COc2ccc(SC)cc2)cc1. The highest BCUT2D eigenvalue weighted by molar-refractivity contribution is 7.98. The molecule has 0 saturated carbocycles. The summed E-state index contributed by atoms with van der Waals surface area (Å²) in [4.78, 5) is 1.26. The average Bonchev–Trinajstić information content (AvgIpc) is 2.52. The molecule has 3 heteroatoms. The van der Waals surface area contributed by atoms with E-state index in [0.29, 0.717) is 6.61 Å². The fourth-order valence-corrected chi connectivity index (χ4v) is 2.32. The molecular formula is C17H21NOS. The summed E-state index contributed by atoms with van der Waals surface area (Å²) in [5.41, 5.74) is 2.56. The lowest BCUT2D eigenvalue weighted by atomic mass is 10.1. The van der Waals surface area contributed by atoms with Crippen molar-refractivity contribution in [1.29, 1.82) is 0 Å². The van der Waals surface area contributed by atoms with E-state index < -0.39 is 0 Å². The molecule has 0 amide bonds. The molecule has 0 spiro atoms. The van der Waals surface area contributed by atoms with Gasteiger partial charge in [-0.3, -0.25) is 0 Å². The number of hydrogen-bond acceptors (Lipinski definition) is 3. The second-order valence-corrected chi connectivity index (χ2v) is 5.51. The first-order valence-electron chi connectivity index (χ1n) is 6.81. The van der Waals surface area contributed by atoms with Crippen LogP contribution < -0.4 is 10.1 Å². The Morgan fingerprint density at radius 2 is 1.60 bits per heavy atom. The topological polar surface area (TPSA) is 21.3 Å². The highest BCUT2D eigenvalue weighted by atomic mass is 32.2. The van der Waals surface area contributed by atoms with Crippen LogP contribution in [0.1, 0.15) is 11.1 Å². The Bertz CT molecular complexity index is 508. The number of rotatable bonds is 7. The van der Waals surface area contributed by atoms with Crippen molar-refractivity contribution in [2.75, 3.05) is 19.8 Å². The lowest BCUT2D eigenvalue weighted by molar-refractivity contribution is 0.306. The van der Waals surface area contributed by atoms with Gasteiger partial charge in [0.1, 0.15) is 12.4 Å². The normalized spacial score (nSPS) is 10.5. The van der Waals surface area contributed by atoms with Crippen molar-refractivity contribution in [3.63, 3.8) is 0 Å². The van der Waals surface area contributed by atoms with Gasteiger partial charge in [0.2, 0.25) is 0 Å². The van der Waals surface area contributed by atoms with E-state index in [1.807, 2.05) is 19.2 Å². The third-order valence-corrected chi connectivity index (χ3v) is 3.90. The number of likely N-dealkylation sites (N-methyl/N-ethyl adjacent to an activating group) is 1. The van der Waals surface area contributed by atoms with Gasteiger partial charge in [0, 0.05) is 4.90 Å². The number of nitrogens with one attached hydrogen (secondary N) is 1. The molecule has 2 nitrogen and oxygen atoms in total. The van der Waals surface area contributed by atoms with Crippen LogP contribution in [0, 0.1) is 0 Å². The van der Waals surface area contributed by atoms with Gasteiger partial charge in [-0.1, -0.05) is 24.3 Å². The molecule has 0 aliphatic carbocycles. The molecule has 1 N–H and O–H groups in total. The van der Waals surface area contributed by atoms with Crippen LogP contribution in [0.3, 0.4) is 0 Å². The zero-order valence-corrected chi connectivity index (χ0v) is 12.9. The Hall–Kier alpha value is -1.45. The molecule has 0 saturated heterocycles.